The van der Waals surface area contributed by atoms with Crippen molar-refractivity contribution in [2.75, 3.05) is 27.0 Å². The van der Waals surface area contributed by atoms with Crippen LogP contribution in [0, 0.1) is 23.7 Å². The van der Waals surface area contributed by atoms with Crippen LogP contribution in [0.2, 0.25) is 0 Å². The second-order valence-electron chi connectivity index (χ2n) is 15.0. The van der Waals surface area contributed by atoms with Crippen LogP contribution >= 0.6 is 0 Å². The molecule has 0 spiro atoms. The Labute approximate surface area is 382 Å². The SMILES string of the molecule is C=C(/C=C\C(=C)OCN=[N+]=[N-])CC(CC(=O)CC(Cc1ccccc1)C(=O)OCOC(=O)C(CC)Cc1ccccc1)C(=O)OCOC(=O)C(CC(C)=O)Cc1ccc(OCN=[N+]=[N-])cc1. The molecule has 3 aromatic carbocycles. The highest BCUT2D eigenvalue weighted by Crippen LogP contribution is 2.24. The van der Waals surface area contributed by atoms with E-state index < -0.39 is 73.3 Å². The van der Waals surface area contributed by atoms with Gasteiger partial charge in [-0.1, -0.05) is 115 Å². The molecule has 0 aliphatic heterocycles. The zero-order valence-electron chi connectivity index (χ0n) is 37.0. The second-order valence-corrected chi connectivity index (χ2v) is 15.0. The Hall–Kier alpha value is -7.68. The molecule has 0 saturated carbocycles. The molecule has 0 radical (unpaired) electrons. The van der Waals surface area contributed by atoms with Crippen LogP contribution in [0.4, 0.5) is 0 Å². The van der Waals surface area contributed by atoms with E-state index in [1.807, 2.05) is 37.3 Å². The number of hydrogen-bond acceptors (Lipinski definition) is 14. The lowest BCUT2D eigenvalue weighted by atomic mass is 9.88. The van der Waals surface area contributed by atoms with Gasteiger partial charge in [0.2, 0.25) is 13.6 Å². The summed E-state index contributed by atoms with van der Waals surface area (Å²) in [7, 11) is 0. The van der Waals surface area contributed by atoms with Crippen molar-refractivity contribution < 1.29 is 57.2 Å². The van der Waals surface area contributed by atoms with Gasteiger partial charge in [-0.3, -0.25) is 24.0 Å². The number of nitrogens with zero attached hydrogens (tertiary/aromatic N) is 6. The Morgan fingerprint density at radius 2 is 1.03 bits per heavy atom. The molecule has 4 unspecified atom stereocenters. The monoisotopic (exact) mass is 906 g/mol. The maximum Gasteiger partial charge on any atom is 0.312 e. The number of carbonyl (C=O) groups is 6. The van der Waals surface area contributed by atoms with Crippen LogP contribution in [0.5, 0.6) is 5.75 Å². The van der Waals surface area contributed by atoms with Crippen molar-refractivity contribution in [1.29, 1.82) is 0 Å². The number of benzene rings is 3. The minimum atomic E-state index is -1.18. The van der Waals surface area contributed by atoms with Crippen LogP contribution in [-0.2, 0) is 71.7 Å². The molecule has 66 heavy (non-hydrogen) atoms. The molecule has 0 aliphatic rings. The largest absolute Gasteiger partial charge is 0.488 e. The second kappa shape index (κ2) is 29.6. The maximum absolute atomic E-state index is 13.8. The minimum absolute atomic E-state index is 0.0974. The van der Waals surface area contributed by atoms with Gasteiger partial charge in [0, 0.05) is 29.1 Å². The summed E-state index contributed by atoms with van der Waals surface area (Å²) in [6.45, 7) is 8.83. The number of rotatable bonds is 31. The Morgan fingerprint density at radius 1 is 0.576 bits per heavy atom. The third-order valence-electron chi connectivity index (χ3n) is 9.90. The van der Waals surface area contributed by atoms with E-state index in [2.05, 4.69) is 33.2 Å². The summed E-state index contributed by atoms with van der Waals surface area (Å²) in [4.78, 5) is 84.4. The van der Waals surface area contributed by atoms with Crippen molar-refractivity contribution in [3.05, 3.63) is 159 Å². The van der Waals surface area contributed by atoms with E-state index in [4.69, 9.17) is 39.5 Å². The maximum atomic E-state index is 13.8. The molecular formula is C48H54N6O12. The summed E-state index contributed by atoms with van der Waals surface area (Å²) >= 11 is 0. The van der Waals surface area contributed by atoms with Crippen molar-refractivity contribution in [2.24, 2.45) is 33.9 Å². The molecule has 348 valence electrons. The van der Waals surface area contributed by atoms with Gasteiger partial charge in [0.05, 0.1) is 23.7 Å². The van der Waals surface area contributed by atoms with E-state index in [9.17, 15) is 28.8 Å². The van der Waals surface area contributed by atoms with Gasteiger partial charge in [-0.2, -0.15) is 0 Å². The number of azide groups is 2. The van der Waals surface area contributed by atoms with Gasteiger partial charge in [-0.25, -0.2) is 0 Å². The zero-order chi connectivity index (χ0) is 48.1. The molecule has 3 rings (SSSR count). The molecule has 0 fully saturated rings. The molecule has 0 N–H and O–H groups in total. The Bertz CT molecular complexity index is 2240. The lowest BCUT2D eigenvalue weighted by molar-refractivity contribution is -0.174. The highest BCUT2D eigenvalue weighted by atomic mass is 16.7. The first-order valence-corrected chi connectivity index (χ1v) is 21.0. The van der Waals surface area contributed by atoms with E-state index in [0.29, 0.717) is 29.7 Å². The van der Waals surface area contributed by atoms with E-state index in [0.717, 1.165) is 11.1 Å². The van der Waals surface area contributed by atoms with Crippen molar-refractivity contribution in [3.8, 4) is 5.75 Å². The van der Waals surface area contributed by atoms with Crippen LogP contribution in [-0.4, -0.2) is 62.5 Å². The Morgan fingerprint density at radius 3 is 1.55 bits per heavy atom. The smallest absolute Gasteiger partial charge is 0.312 e. The van der Waals surface area contributed by atoms with Gasteiger partial charge in [-0.15, -0.1) is 0 Å². The summed E-state index contributed by atoms with van der Waals surface area (Å²) in [5.74, 6) is -6.90. The summed E-state index contributed by atoms with van der Waals surface area (Å²) in [5, 5.41) is 6.58. The molecule has 0 saturated heterocycles. The number of allylic oxidation sites excluding steroid dienone is 3. The van der Waals surface area contributed by atoms with E-state index in [1.54, 1.807) is 54.6 Å². The topological polar surface area (TPSA) is 255 Å². The van der Waals surface area contributed by atoms with Gasteiger partial charge in [-0.05, 0) is 85.0 Å². The molecular weight excluding hydrogens is 853 g/mol. The van der Waals surface area contributed by atoms with Crippen LogP contribution in [0.3, 0.4) is 0 Å². The molecule has 4 atom stereocenters. The van der Waals surface area contributed by atoms with Crippen molar-refractivity contribution >= 4 is 35.4 Å². The van der Waals surface area contributed by atoms with Gasteiger partial charge < -0.3 is 33.2 Å². The molecule has 3 aromatic rings. The molecule has 0 bridgehead atoms. The first-order chi connectivity index (χ1) is 31.8. The first kappa shape index (κ1) is 52.7. The fourth-order valence-electron chi connectivity index (χ4n) is 6.57. The van der Waals surface area contributed by atoms with Crippen LogP contribution in [0.25, 0.3) is 20.9 Å². The van der Waals surface area contributed by atoms with Crippen molar-refractivity contribution in [2.45, 2.75) is 65.2 Å². The number of ether oxygens (including phenoxy) is 6. The summed E-state index contributed by atoms with van der Waals surface area (Å²) < 4.78 is 31.9. The molecule has 0 heterocycles. The average Bonchev–Trinajstić information content (AvgIpc) is 3.30. The predicted octanol–water partition coefficient (Wildman–Crippen LogP) is 8.95. The minimum Gasteiger partial charge on any atom is -0.488 e. The van der Waals surface area contributed by atoms with Gasteiger partial charge >= 0.3 is 23.9 Å². The normalized spacial score (nSPS) is 12.4. The van der Waals surface area contributed by atoms with E-state index in [-0.39, 0.29) is 57.1 Å². The Balaban J connectivity index is 1.72. The standard InChI is InChI=1S/C48H54N6O12/c1-5-39(24-36-12-8-6-9-13-36)45(57)63-31-66-48(60)42(25-37-14-10-7-11-15-37)28-43(56)27-40(22-33(2)16-17-35(4)61-29-51-53-49)46(58)64-32-65-47(59)41(23-34(3)55)26-38-18-20-44(21-19-38)62-30-52-54-50/h6-21,39-42H,2,4-5,22-32H2,1,3H3/b17-16-. The summed E-state index contributed by atoms with van der Waals surface area (Å²) in [6, 6.07) is 24.9. The fraction of sp³-hybridized carbons (Fsp3) is 0.375. The molecule has 18 nitrogen and oxygen atoms in total. The third kappa shape index (κ3) is 20.7. The fourth-order valence-corrected chi connectivity index (χ4v) is 6.57. The van der Waals surface area contributed by atoms with E-state index >= 15 is 0 Å². The zero-order valence-corrected chi connectivity index (χ0v) is 37.0. The van der Waals surface area contributed by atoms with Crippen molar-refractivity contribution in [1.82, 2.24) is 0 Å². The molecule has 0 aromatic heterocycles. The lowest BCUT2D eigenvalue weighted by Gasteiger charge is -2.20. The first-order valence-electron chi connectivity index (χ1n) is 21.0. The predicted molar refractivity (Wildman–Crippen MR) is 240 cm³/mol. The number of hydrogen-bond donors (Lipinski definition) is 0. The number of esters is 4. The van der Waals surface area contributed by atoms with Crippen molar-refractivity contribution in [3.63, 3.8) is 0 Å². The van der Waals surface area contributed by atoms with Crippen LogP contribution in [0.15, 0.2) is 132 Å². The van der Waals surface area contributed by atoms with E-state index in [1.165, 1.54) is 19.1 Å². The molecule has 0 amide bonds. The summed E-state index contributed by atoms with van der Waals surface area (Å²) in [6.07, 6.45) is 2.98. The summed E-state index contributed by atoms with van der Waals surface area (Å²) in [5.41, 5.74) is 19.6. The number of Topliss-reactive ketones (excluding diaryl/α,β-unsaturated/α-hetero) is 2. The lowest BCUT2D eigenvalue weighted by Crippen LogP contribution is -2.29. The Kier molecular flexibility index (Phi) is 23.7. The quantitative estimate of drug-likeness (QED) is 0.0111. The van der Waals surface area contributed by atoms with Crippen LogP contribution in [0.1, 0.15) is 62.6 Å². The third-order valence-corrected chi connectivity index (χ3v) is 9.90. The highest BCUT2D eigenvalue weighted by molar-refractivity contribution is 5.88. The van der Waals surface area contributed by atoms with Gasteiger partial charge in [0.25, 0.3) is 0 Å². The highest BCUT2D eigenvalue weighted by Gasteiger charge is 2.30. The number of ketones is 2. The van der Waals surface area contributed by atoms with Gasteiger partial charge in [0.1, 0.15) is 23.1 Å². The number of carbonyl (C=O) groups excluding carboxylic acids is 6. The molecule has 0 aliphatic carbocycles. The molecule has 18 heteroatoms. The van der Waals surface area contributed by atoms with Crippen LogP contribution < -0.4 is 4.74 Å². The average molecular weight is 907 g/mol. The van der Waals surface area contributed by atoms with Gasteiger partial charge in [0.15, 0.2) is 13.5 Å².